The average molecular weight is 480 g/mol. The highest BCUT2D eigenvalue weighted by molar-refractivity contribution is 6.65. The van der Waals surface area contributed by atoms with Gasteiger partial charge in [-0.3, -0.25) is 0 Å². The van der Waals surface area contributed by atoms with Crippen LogP contribution in [-0.4, -0.2) is 26.8 Å². The van der Waals surface area contributed by atoms with E-state index in [0.717, 1.165) is 29.5 Å². The topological polar surface area (TPSA) is 26.3 Å². The Bertz CT molecular complexity index is 422. The second-order valence-corrected chi connectivity index (χ2v) is 13.9. The van der Waals surface area contributed by atoms with Crippen molar-refractivity contribution in [3.8, 4) is 0 Å². The highest BCUT2D eigenvalue weighted by Gasteiger charge is 2.14. The number of carbonyl (C=O) groups is 1. The van der Waals surface area contributed by atoms with Crippen LogP contribution in [0, 0.1) is 0 Å². The zero-order valence-electron chi connectivity index (χ0n) is 19.9. The summed E-state index contributed by atoms with van der Waals surface area (Å²) in [5.74, 6) is -0.259. The van der Waals surface area contributed by atoms with Gasteiger partial charge in [0.15, 0.2) is 0 Å². The van der Waals surface area contributed by atoms with Crippen LogP contribution in [-0.2, 0) is 9.53 Å². The van der Waals surface area contributed by atoms with E-state index >= 15 is 0 Å². The number of esters is 1. The molecule has 178 valence electrons. The Morgan fingerprint density at radius 3 is 1.30 bits per heavy atom. The van der Waals surface area contributed by atoms with Crippen molar-refractivity contribution in [1.29, 1.82) is 0 Å². The fraction of sp³-hybridized carbons (Fsp3) is 0.880. The lowest BCUT2D eigenvalue weighted by Crippen LogP contribution is -2.11. The van der Waals surface area contributed by atoms with Crippen molar-refractivity contribution in [2.75, 3.05) is 6.61 Å². The maximum Gasteiger partial charge on any atom is 0.333 e. The van der Waals surface area contributed by atoms with Gasteiger partial charge in [-0.15, -0.1) is 23.2 Å². The maximum absolute atomic E-state index is 11.2. The van der Waals surface area contributed by atoms with Gasteiger partial charge < -0.3 is 4.74 Å². The van der Waals surface area contributed by atoms with Crippen molar-refractivity contribution in [2.45, 2.75) is 133 Å². The second kappa shape index (κ2) is 20.9. The summed E-state index contributed by atoms with van der Waals surface area (Å²) in [5, 5.41) is 0. The number of rotatable bonds is 22. The number of unbranched alkanes of at least 4 members (excludes halogenated alkanes) is 17. The smallest absolute Gasteiger partial charge is 0.333 e. The molecule has 0 aliphatic heterocycles. The molecule has 0 aliphatic carbocycles. The normalized spacial score (nSPS) is 11.7. The van der Waals surface area contributed by atoms with Crippen molar-refractivity contribution in [2.24, 2.45) is 0 Å². The molecule has 0 spiro atoms. The lowest BCUT2D eigenvalue weighted by atomic mass is 10.0. The highest BCUT2D eigenvalue weighted by atomic mass is 35.5. The fourth-order valence-corrected chi connectivity index (χ4v) is 4.27. The minimum atomic E-state index is -0.399. The van der Waals surface area contributed by atoms with E-state index in [0.29, 0.717) is 12.2 Å². The molecule has 0 heterocycles. The van der Waals surface area contributed by atoms with E-state index in [1.165, 1.54) is 103 Å². The molecule has 0 bridgehead atoms. The van der Waals surface area contributed by atoms with Gasteiger partial charge in [-0.05, 0) is 19.8 Å². The van der Waals surface area contributed by atoms with Gasteiger partial charge in [-0.1, -0.05) is 116 Å². The molecule has 0 aliphatic rings. The number of carbonyl (C=O) groups excluding carboxylic acids is 1. The van der Waals surface area contributed by atoms with Crippen LogP contribution in [0.5, 0.6) is 0 Å². The van der Waals surface area contributed by atoms with Crippen molar-refractivity contribution >= 4 is 39.4 Å². The van der Waals surface area contributed by atoms with Crippen molar-refractivity contribution in [1.82, 2.24) is 0 Å². The second-order valence-electron chi connectivity index (χ2n) is 9.10. The molecule has 0 saturated carbocycles. The predicted molar refractivity (Wildman–Crippen MR) is 138 cm³/mol. The van der Waals surface area contributed by atoms with E-state index in [9.17, 15) is 4.79 Å². The fourth-order valence-electron chi connectivity index (χ4n) is 3.65. The molecule has 0 saturated heterocycles. The molecule has 0 aromatic rings. The average Bonchev–Trinajstić information content (AvgIpc) is 2.68. The standard InChI is InChI=1S/C25H48Cl2O2Si/c1-23(2)24(28)29-22-20-18-16-14-12-10-8-6-4-3-5-7-9-11-13-15-17-19-21-25(26,27)30/h1,3-22H2,2,30H3. The minimum Gasteiger partial charge on any atom is -0.462 e. The first-order valence-corrected chi connectivity index (χ1v) is 14.3. The van der Waals surface area contributed by atoms with Crippen LogP contribution in [0.25, 0.3) is 0 Å². The first kappa shape index (κ1) is 30.0. The molecule has 5 heteroatoms. The molecule has 0 aromatic heterocycles. The Balaban J connectivity index is 3.10. The molecule has 0 rings (SSSR count). The van der Waals surface area contributed by atoms with Crippen LogP contribution in [0.3, 0.4) is 0 Å². The van der Waals surface area contributed by atoms with Crippen LogP contribution in [0.1, 0.15) is 129 Å². The van der Waals surface area contributed by atoms with Gasteiger partial charge in [0.25, 0.3) is 0 Å². The lowest BCUT2D eigenvalue weighted by molar-refractivity contribution is -0.139. The summed E-state index contributed by atoms with van der Waals surface area (Å²) < 4.78 is 4.70. The summed E-state index contributed by atoms with van der Waals surface area (Å²) in [4.78, 5) is 11.2. The van der Waals surface area contributed by atoms with E-state index in [1.807, 2.05) is 0 Å². The van der Waals surface area contributed by atoms with Crippen molar-refractivity contribution < 1.29 is 9.53 Å². The Hall–Kier alpha value is 0.00688. The summed E-state index contributed by atoms with van der Waals surface area (Å²) >= 11 is 12.1. The van der Waals surface area contributed by atoms with Crippen LogP contribution in [0.15, 0.2) is 12.2 Å². The van der Waals surface area contributed by atoms with E-state index in [2.05, 4.69) is 6.58 Å². The third kappa shape index (κ3) is 24.3. The molecule has 0 N–H and O–H groups in total. The quantitative estimate of drug-likeness (QED) is 0.0517. The van der Waals surface area contributed by atoms with E-state index in [1.54, 1.807) is 6.92 Å². The van der Waals surface area contributed by atoms with Gasteiger partial charge in [0, 0.05) is 15.8 Å². The SMILES string of the molecule is C=C(C)C(=O)OCCCCCCCCCCCCCCCCCCCCC([SiH3])(Cl)Cl. The third-order valence-corrected chi connectivity index (χ3v) is 6.47. The van der Waals surface area contributed by atoms with Crippen LogP contribution < -0.4 is 0 Å². The van der Waals surface area contributed by atoms with Gasteiger partial charge in [0.2, 0.25) is 0 Å². The molecule has 30 heavy (non-hydrogen) atoms. The largest absolute Gasteiger partial charge is 0.462 e. The van der Waals surface area contributed by atoms with E-state index in [4.69, 9.17) is 27.9 Å². The van der Waals surface area contributed by atoms with Gasteiger partial charge >= 0.3 is 5.97 Å². The number of hydrogen-bond acceptors (Lipinski definition) is 2. The molecule has 0 radical (unpaired) electrons. The zero-order valence-corrected chi connectivity index (χ0v) is 23.4. The molecule has 0 fully saturated rings. The van der Waals surface area contributed by atoms with Gasteiger partial charge in [0.1, 0.15) is 0 Å². The molecule has 0 atom stereocenters. The van der Waals surface area contributed by atoms with Gasteiger partial charge in [-0.25, -0.2) is 4.79 Å². The molecule has 0 unspecified atom stereocenters. The van der Waals surface area contributed by atoms with Crippen LogP contribution in [0.4, 0.5) is 0 Å². The third-order valence-electron chi connectivity index (χ3n) is 5.59. The summed E-state index contributed by atoms with van der Waals surface area (Å²) in [5.41, 5.74) is 0.487. The summed E-state index contributed by atoms with van der Waals surface area (Å²) in [6.07, 6.45) is 24.8. The van der Waals surface area contributed by atoms with Crippen molar-refractivity contribution in [3.63, 3.8) is 0 Å². The van der Waals surface area contributed by atoms with Crippen molar-refractivity contribution in [3.05, 3.63) is 12.2 Å². The first-order chi connectivity index (χ1) is 14.3. The summed E-state index contributed by atoms with van der Waals surface area (Å²) in [6, 6.07) is 0. The van der Waals surface area contributed by atoms with E-state index in [-0.39, 0.29) is 5.97 Å². The summed E-state index contributed by atoms with van der Waals surface area (Å²) in [6.45, 7) is 5.81. The molecule has 0 amide bonds. The Labute approximate surface area is 200 Å². The molecular weight excluding hydrogens is 431 g/mol. The monoisotopic (exact) mass is 478 g/mol. The Kier molecular flexibility index (Phi) is 20.9. The highest BCUT2D eigenvalue weighted by Crippen LogP contribution is 2.24. The number of halogens is 2. The summed E-state index contributed by atoms with van der Waals surface area (Å²) in [7, 11) is 0.864. The van der Waals surface area contributed by atoms with Crippen LogP contribution in [0.2, 0.25) is 0 Å². The maximum atomic E-state index is 11.2. The molecule has 2 nitrogen and oxygen atoms in total. The first-order valence-electron chi connectivity index (χ1n) is 12.5. The Morgan fingerprint density at radius 2 is 1.00 bits per heavy atom. The minimum absolute atomic E-state index is 0.259. The van der Waals surface area contributed by atoms with E-state index < -0.39 is 3.96 Å². The van der Waals surface area contributed by atoms with Gasteiger partial charge in [-0.2, -0.15) is 0 Å². The lowest BCUT2D eigenvalue weighted by Gasteiger charge is -2.12. The number of ether oxygens (including phenoxy) is 1. The van der Waals surface area contributed by atoms with Gasteiger partial charge in [0.05, 0.1) is 10.6 Å². The predicted octanol–water partition coefficient (Wildman–Crippen LogP) is 8.01. The number of alkyl halides is 2. The van der Waals surface area contributed by atoms with Crippen LogP contribution >= 0.6 is 23.2 Å². The zero-order chi connectivity index (χ0) is 22.5. The number of hydrogen-bond donors (Lipinski definition) is 0. The molecular formula is C25H48Cl2O2Si. The Morgan fingerprint density at radius 1 is 0.700 bits per heavy atom. The molecule has 0 aromatic carbocycles.